The van der Waals surface area contributed by atoms with Crippen LogP contribution < -0.4 is 5.32 Å². The zero-order valence-electron chi connectivity index (χ0n) is 8.18. The van der Waals surface area contributed by atoms with Gasteiger partial charge in [-0.1, -0.05) is 26.0 Å². The van der Waals surface area contributed by atoms with Gasteiger partial charge in [0.2, 0.25) is 0 Å². The van der Waals surface area contributed by atoms with Crippen molar-refractivity contribution in [2.45, 2.75) is 19.7 Å². The number of nitrogens with one attached hydrogen (secondary N) is 1. The minimum atomic E-state index is 0.581. The van der Waals surface area contributed by atoms with E-state index in [0.29, 0.717) is 11.8 Å². The van der Waals surface area contributed by atoms with E-state index in [2.05, 4.69) is 31.3 Å². The van der Waals surface area contributed by atoms with E-state index in [1.165, 1.54) is 0 Å². The fraction of sp³-hybridized carbons (Fsp3) is 0.455. The van der Waals surface area contributed by atoms with Gasteiger partial charge in [-0.3, -0.25) is 0 Å². The minimum Gasteiger partial charge on any atom is -0.385 e. The average Bonchev–Trinajstić information content (AvgIpc) is 2.15. The summed E-state index contributed by atoms with van der Waals surface area (Å²) in [5.74, 6) is 1.25. The lowest BCUT2D eigenvalue weighted by Crippen LogP contribution is -2.07. The second-order valence-electron chi connectivity index (χ2n) is 3.61. The summed E-state index contributed by atoms with van der Waals surface area (Å²) in [5.41, 5.74) is 2.32. The molecule has 1 aromatic carbocycles. The van der Waals surface area contributed by atoms with Crippen LogP contribution in [0.4, 0.5) is 5.69 Å². The van der Waals surface area contributed by atoms with Crippen molar-refractivity contribution < 1.29 is 0 Å². The van der Waals surface area contributed by atoms with Crippen molar-refractivity contribution in [1.29, 1.82) is 0 Å². The van der Waals surface area contributed by atoms with Gasteiger partial charge in [-0.05, 0) is 23.6 Å². The molecule has 0 aliphatic carbocycles. The SMILES string of the molecule is CC(C)CNc1cccc(CCl)c1. The number of halogens is 1. The minimum absolute atomic E-state index is 0.581. The number of alkyl halides is 1. The van der Waals surface area contributed by atoms with E-state index in [0.717, 1.165) is 17.8 Å². The van der Waals surface area contributed by atoms with Crippen molar-refractivity contribution in [3.05, 3.63) is 29.8 Å². The normalized spacial score (nSPS) is 10.5. The average molecular weight is 198 g/mol. The topological polar surface area (TPSA) is 12.0 Å². The molecule has 0 saturated carbocycles. The Bertz CT molecular complexity index is 258. The van der Waals surface area contributed by atoms with Crippen molar-refractivity contribution >= 4 is 17.3 Å². The Labute approximate surface area is 85.1 Å². The molecule has 13 heavy (non-hydrogen) atoms. The van der Waals surface area contributed by atoms with Crippen molar-refractivity contribution in [3.8, 4) is 0 Å². The lowest BCUT2D eigenvalue weighted by molar-refractivity contribution is 0.689. The van der Waals surface area contributed by atoms with Crippen molar-refractivity contribution in [2.75, 3.05) is 11.9 Å². The van der Waals surface area contributed by atoms with E-state index in [1.807, 2.05) is 12.1 Å². The summed E-state index contributed by atoms with van der Waals surface area (Å²) in [7, 11) is 0. The van der Waals surface area contributed by atoms with E-state index < -0.39 is 0 Å². The standard InChI is InChI=1S/C11H16ClN/c1-9(2)8-13-11-5-3-4-10(6-11)7-12/h3-6,9,13H,7-8H2,1-2H3. The first kappa shape index (κ1) is 10.4. The van der Waals surface area contributed by atoms with E-state index in [1.54, 1.807) is 0 Å². The molecule has 1 nitrogen and oxygen atoms in total. The van der Waals surface area contributed by atoms with E-state index in [9.17, 15) is 0 Å². The first-order chi connectivity index (χ1) is 6.22. The van der Waals surface area contributed by atoms with Gasteiger partial charge in [0.1, 0.15) is 0 Å². The van der Waals surface area contributed by atoms with Gasteiger partial charge >= 0.3 is 0 Å². The molecule has 1 rings (SSSR count). The number of benzene rings is 1. The van der Waals surface area contributed by atoms with E-state index in [-0.39, 0.29) is 0 Å². The maximum absolute atomic E-state index is 5.73. The van der Waals surface area contributed by atoms with Crippen molar-refractivity contribution in [3.63, 3.8) is 0 Å². The predicted octanol–water partition coefficient (Wildman–Crippen LogP) is 3.49. The molecule has 0 saturated heterocycles. The van der Waals surface area contributed by atoms with E-state index >= 15 is 0 Å². The molecule has 72 valence electrons. The molecule has 1 aromatic rings. The van der Waals surface area contributed by atoms with Crippen LogP contribution in [0.3, 0.4) is 0 Å². The second kappa shape index (κ2) is 5.13. The van der Waals surface area contributed by atoms with Crippen LogP contribution >= 0.6 is 11.6 Å². The molecular formula is C11H16ClN. The molecule has 2 heteroatoms. The highest BCUT2D eigenvalue weighted by atomic mass is 35.5. The van der Waals surface area contributed by atoms with Gasteiger partial charge in [0.15, 0.2) is 0 Å². The molecule has 0 spiro atoms. The van der Waals surface area contributed by atoms with Crippen molar-refractivity contribution in [1.82, 2.24) is 0 Å². The third-order valence-corrected chi connectivity index (χ3v) is 2.10. The number of anilines is 1. The van der Waals surface area contributed by atoms with Crippen molar-refractivity contribution in [2.24, 2.45) is 5.92 Å². The molecule has 0 amide bonds. The summed E-state index contributed by atoms with van der Waals surface area (Å²) in [6, 6.07) is 8.22. The highest BCUT2D eigenvalue weighted by molar-refractivity contribution is 6.17. The van der Waals surface area contributed by atoms with Gasteiger partial charge < -0.3 is 5.32 Å². The molecule has 0 aliphatic rings. The Morgan fingerprint density at radius 3 is 2.77 bits per heavy atom. The second-order valence-corrected chi connectivity index (χ2v) is 3.88. The van der Waals surface area contributed by atoms with Crippen LogP contribution in [0.2, 0.25) is 0 Å². The smallest absolute Gasteiger partial charge is 0.0474 e. The Morgan fingerprint density at radius 1 is 1.38 bits per heavy atom. The fourth-order valence-electron chi connectivity index (χ4n) is 1.09. The third-order valence-electron chi connectivity index (χ3n) is 1.80. The maximum atomic E-state index is 5.73. The van der Waals surface area contributed by atoms with Gasteiger partial charge in [0.05, 0.1) is 0 Å². The van der Waals surface area contributed by atoms with Gasteiger partial charge in [0.25, 0.3) is 0 Å². The molecule has 0 aliphatic heterocycles. The van der Waals surface area contributed by atoms with Crippen LogP contribution in [0, 0.1) is 5.92 Å². The Morgan fingerprint density at radius 2 is 2.15 bits per heavy atom. The monoisotopic (exact) mass is 197 g/mol. The first-order valence-corrected chi connectivity index (χ1v) is 5.14. The number of hydrogen-bond donors (Lipinski definition) is 1. The lowest BCUT2D eigenvalue weighted by Gasteiger charge is -2.09. The van der Waals surface area contributed by atoms with Crippen LogP contribution in [-0.2, 0) is 5.88 Å². The summed E-state index contributed by atoms with van der Waals surface area (Å²) in [5, 5.41) is 3.36. The van der Waals surface area contributed by atoms with Gasteiger partial charge in [-0.25, -0.2) is 0 Å². The molecule has 0 fully saturated rings. The summed E-state index contributed by atoms with van der Waals surface area (Å²) in [4.78, 5) is 0. The molecule has 1 N–H and O–H groups in total. The Hall–Kier alpha value is -0.690. The molecule has 0 unspecified atom stereocenters. The summed E-state index contributed by atoms with van der Waals surface area (Å²) < 4.78 is 0. The largest absolute Gasteiger partial charge is 0.385 e. The highest BCUT2D eigenvalue weighted by Crippen LogP contribution is 2.12. The third kappa shape index (κ3) is 3.69. The fourth-order valence-corrected chi connectivity index (χ4v) is 1.25. The zero-order chi connectivity index (χ0) is 9.68. The zero-order valence-corrected chi connectivity index (χ0v) is 8.93. The molecule has 0 atom stereocenters. The Balaban J connectivity index is 2.56. The van der Waals surface area contributed by atoms with Gasteiger partial charge in [0, 0.05) is 18.1 Å². The van der Waals surface area contributed by atoms with Crippen LogP contribution in [0.5, 0.6) is 0 Å². The predicted molar refractivity (Wildman–Crippen MR) is 59.3 cm³/mol. The summed E-state index contributed by atoms with van der Waals surface area (Å²) in [6.07, 6.45) is 0. The highest BCUT2D eigenvalue weighted by Gasteiger charge is 1.95. The van der Waals surface area contributed by atoms with E-state index in [4.69, 9.17) is 11.6 Å². The maximum Gasteiger partial charge on any atom is 0.0474 e. The molecular weight excluding hydrogens is 182 g/mol. The lowest BCUT2D eigenvalue weighted by atomic mass is 10.2. The summed E-state index contributed by atoms with van der Waals surface area (Å²) >= 11 is 5.73. The molecule has 0 radical (unpaired) electrons. The van der Waals surface area contributed by atoms with Gasteiger partial charge in [-0.2, -0.15) is 0 Å². The molecule has 0 bridgehead atoms. The quantitative estimate of drug-likeness (QED) is 0.729. The van der Waals surface area contributed by atoms with Crippen LogP contribution in [0.25, 0.3) is 0 Å². The van der Waals surface area contributed by atoms with Crippen LogP contribution in [-0.4, -0.2) is 6.54 Å². The Kier molecular flexibility index (Phi) is 4.10. The first-order valence-electron chi connectivity index (χ1n) is 4.61. The van der Waals surface area contributed by atoms with Crippen LogP contribution in [0.15, 0.2) is 24.3 Å². The number of rotatable bonds is 4. The molecule has 0 heterocycles. The summed E-state index contributed by atoms with van der Waals surface area (Å²) in [6.45, 7) is 5.39. The number of hydrogen-bond acceptors (Lipinski definition) is 1. The van der Waals surface area contributed by atoms with Crippen LogP contribution in [0.1, 0.15) is 19.4 Å². The molecule has 0 aromatic heterocycles. The van der Waals surface area contributed by atoms with Gasteiger partial charge in [-0.15, -0.1) is 11.6 Å².